The maximum absolute atomic E-state index is 11.7. The van der Waals surface area contributed by atoms with E-state index >= 15 is 0 Å². The maximum Gasteiger partial charge on any atom is 0.287 e. The van der Waals surface area contributed by atoms with Crippen molar-refractivity contribution in [2.75, 3.05) is 20.1 Å². The van der Waals surface area contributed by atoms with Gasteiger partial charge in [-0.15, -0.1) is 11.3 Å². The van der Waals surface area contributed by atoms with E-state index in [1.165, 1.54) is 16.7 Å². The van der Waals surface area contributed by atoms with Crippen LogP contribution in [-0.4, -0.2) is 32.0 Å². The maximum atomic E-state index is 11.7. The summed E-state index contributed by atoms with van der Waals surface area (Å²) in [6.45, 7) is 3.89. The predicted molar refractivity (Wildman–Crippen MR) is 88.3 cm³/mol. The van der Waals surface area contributed by atoms with Crippen molar-refractivity contribution in [3.63, 3.8) is 0 Å². The lowest BCUT2D eigenvalue weighted by atomic mass is 10.3. The Morgan fingerprint density at radius 3 is 2.73 bits per heavy atom. The van der Waals surface area contributed by atoms with E-state index in [2.05, 4.69) is 39.3 Å². The van der Waals surface area contributed by atoms with Gasteiger partial charge >= 0.3 is 0 Å². The summed E-state index contributed by atoms with van der Waals surface area (Å²) in [6.07, 6.45) is 1.48. The molecule has 0 bridgehead atoms. The summed E-state index contributed by atoms with van der Waals surface area (Å²) in [6, 6.07) is 5.42. The number of carbonyl (C=O) groups is 1. The van der Waals surface area contributed by atoms with Crippen molar-refractivity contribution in [1.82, 2.24) is 16.0 Å². The normalized spacial score (nSPS) is 11.3. The number of rotatable bonds is 6. The number of nitrogens with one attached hydrogen (secondary N) is 3. The molecule has 22 heavy (non-hydrogen) atoms. The standard InChI is InChI=1S/C15H20N4O2S/c1-11-5-9-22-13(11)10-19-15(16-2)18-7-6-17-14(20)12-4-3-8-21-12/h3-5,8-9H,6-7,10H2,1-2H3,(H,17,20)(H2,16,18,19). The van der Waals surface area contributed by atoms with E-state index in [0.717, 1.165) is 6.54 Å². The molecule has 0 saturated carbocycles. The number of aliphatic imine (C=N–C) groups is 1. The van der Waals surface area contributed by atoms with Gasteiger partial charge in [0.1, 0.15) is 0 Å². The Morgan fingerprint density at radius 2 is 2.09 bits per heavy atom. The Labute approximate surface area is 133 Å². The second-order valence-corrected chi connectivity index (χ2v) is 5.61. The fourth-order valence-electron chi connectivity index (χ4n) is 1.82. The molecule has 0 spiro atoms. The van der Waals surface area contributed by atoms with Crippen molar-refractivity contribution >= 4 is 23.2 Å². The molecule has 2 aromatic rings. The van der Waals surface area contributed by atoms with Crippen molar-refractivity contribution in [3.05, 3.63) is 46.0 Å². The molecule has 7 heteroatoms. The summed E-state index contributed by atoms with van der Waals surface area (Å²) in [7, 11) is 1.72. The Hall–Kier alpha value is -2.28. The molecule has 0 unspecified atom stereocenters. The number of aryl methyl sites for hydroxylation is 1. The quantitative estimate of drug-likeness (QED) is 0.430. The van der Waals surface area contributed by atoms with E-state index < -0.39 is 0 Å². The number of nitrogens with zero attached hydrogens (tertiary/aromatic N) is 1. The van der Waals surface area contributed by atoms with Gasteiger partial charge in [0.15, 0.2) is 11.7 Å². The van der Waals surface area contributed by atoms with Crippen LogP contribution in [0, 0.1) is 6.92 Å². The van der Waals surface area contributed by atoms with Crippen molar-refractivity contribution < 1.29 is 9.21 Å². The lowest BCUT2D eigenvalue weighted by Crippen LogP contribution is -2.41. The molecule has 0 radical (unpaired) electrons. The third-order valence-corrected chi connectivity index (χ3v) is 4.08. The zero-order chi connectivity index (χ0) is 15.8. The van der Waals surface area contributed by atoms with Gasteiger partial charge in [0, 0.05) is 25.0 Å². The van der Waals surface area contributed by atoms with E-state index in [0.29, 0.717) is 24.8 Å². The molecule has 3 N–H and O–H groups in total. The first-order valence-corrected chi connectivity index (χ1v) is 7.88. The first-order chi connectivity index (χ1) is 10.7. The van der Waals surface area contributed by atoms with Crippen LogP contribution in [0.3, 0.4) is 0 Å². The summed E-state index contributed by atoms with van der Waals surface area (Å²) in [5.41, 5.74) is 1.28. The predicted octanol–water partition coefficient (Wildman–Crippen LogP) is 1.74. The van der Waals surface area contributed by atoms with Gasteiger partial charge in [0.2, 0.25) is 0 Å². The third kappa shape index (κ3) is 4.63. The number of hydrogen-bond donors (Lipinski definition) is 3. The lowest BCUT2D eigenvalue weighted by Gasteiger charge is -2.11. The molecule has 1 amide bonds. The van der Waals surface area contributed by atoms with E-state index in [4.69, 9.17) is 4.42 Å². The van der Waals surface area contributed by atoms with Crippen LogP contribution in [0.1, 0.15) is 21.0 Å². The average Bonchev–Trinajstić information content (AvgIpc) is 3.18. The van der Waals surface area contributed by atoms with Gasteiger partial charge in [0.05, 0.1) is 12.8 Å². The molecule has 0 aliphatic heterocycles. The Morgan fingerprint density at radius 1 is 1.27 bits per heavy atom. The number of carbonyl (C=O) groups excluding carboxylic acids is 1. The smallest absolute Gasteiger partial charge is 0.287 e. The first-order valence-electron chi connectivity index (χ1n) is 7.00. The van der Waals surface area contributed by atoms with E-state index in [1.807, 2.05) is 0 Å². The highest BCUT2D eigenvalue weighted by molar-refractivity contribution is 7.10. The molecule has 0 atom stereocenters. The SMILES string of the molecule is CN=C(NCCNC(=O)c1ccco1)NCc1sccc1C. The molecule has 6 nitrogen and oxygen atoms in total. The van der Waals surface area contributed by atoms with Gasteiger partial charge < -0.3 is 20.4 Å². The minimum absolute atomic E-state index is 0.219. The second-order valence-electron chi connectivity index (χ2n) is 4.61. The van der Waals surface area contributed by atoms with Crippen molar-refractivity contribution in [2.24, 2.45) is 4.99 Å². The topological polar surface area (TPSA) is 78.7 Å². The highest BCUT2D eigenvalue weighted by atomic mass is 32.1. The van der Waals surface area contributed by atoms with Crippen LogP contribution in [0.15, 0.2) is 39.3 Å². The first kappa shape index (κ1) is 16.1. The van der Waals surface area contributed by atoms with E-state index in [9.17, 15) is 4.79 Å². The molecule has 0 aliphatic rings. The Balaban J connectivity index is 1.66. The van der Waals surface area contributed by atoms with E-state index in [-0.39, 0.29) is 5.91 Å². The molecular weight excluding hydrogens is 300 g/mol. The lowest BCUT2D eigenvalue weighted by molar-refractivity contribution is 0.0926. The molecular formula is C15H20N4O2S. The molecule has 2 aromatic heterocycles. The fourth-order valence-corrected chi connectivity index (χ4v) is 2.67. The summed E-state index contributed by atoms with van der Waals surface area (Å²) >= 11 is 1.72. The zero-order valence-electron chi connectivity index (χ0n) is 12.7. The van der Waals surface area contributed by atoms with Crippen molar-refractivity contribution in [2.45, 2.75) is 13.5 Å². The van der Waals surface area contributed by atoms with Gasteiger partial charge in [-0.3, -0.25) is 9.79 Å². The van der Waals surface area contributed by atoms with Gasteiger partial charge in [-0.2, -0.15) is 0 Å². The minimum Gasteiger partial charge on any atom is -0.459 e. The number of furan rings is 1. The van der Waals surface area contributed by atoms with Crippen molar-refractivity contribution in [1.29, 1.82) is 0 Å². The molecule has 118 valence electrons. The number of guanidine groups is 1. The molecule has 0 aliphatic carbocycles. The van der Waals surface area contributed by atoms with Gasteiger partial charge in [-0.1, -0.05) is 0 Å². The third-order valence-electron chi connectivity index (χ3n) is 3.06. The summed E-state index contributed by atoms with van der Waals surface area (Å²) in [4.78, 5) is 17.1. The number of amides is 1. The summed E-state index contributed by atoms with van der Waals surface area (Å²) in [5, 5.41) is 11.2. The molecule has 2 rings (SSSR count). The van der Waals surface area contributed by atoms with Crippen LogP contribution in [0.4, 0.5) is 0 Å². The van der Waals surface area contributed by atoms with Gasteiger partial charge in [-0.25, -0.2) is 0 Å². The molecule has 2 heterocycles. The number of thiophene rings is 1. The Bertz CT molecular complexity index is 619. The molecule has 0 saturated heterocycles. The second kappa shape index (κ2) is 8.23. The van der Waals surface area contributed by atoms with Crippen molar-refractivity contribution in [3.8, 4) is 0 Å². The van der Waals surface area contributed by atoms with Crippen LogP contribution in [0.5, 0.6) is 0 Å². The van der Waals surface area contributed by atoms with Crippen LogP contribution < -0.4 is 16.0 Å². The molecule has 0 fully saturated rings. The van der Waals surface area contributed by atoms with Crippen LogP contribution in [-0.2, 0) is 6.54 Å². The summed E-state index contributed by atoms with van der Waals surface area (Å²) in [5.74, 6) is 0.805. The molecule has 0 aromatic carbocycles. The summed E-state index contributed by atoms with van der Waals surface area (Å²) < 4.78 is 5.02. The average molecular weight is 320 g/mol. The van der Waals surface area contributed by atoms with Crippen LogP contribution in [0.25, 0.3) is 0 Å². The van der Waals surface area contributed by atoms with Crippen LogP contribution in [0.2, 0.25) is 0 Å². The minimum atomic E-state index is -0.219. The zero-order valence-corrected chi connectivity index (χ0v) is 13.5. The largest absolute Gasteiger partial charge is 0.459 e. The highest BCUT2D eigenvalue weighted by Gasteiger charge is 2.07. The Kier molecular flexibility index (Phi) is 6.02. The van der Waals surface area contributed by atoms with Crippen LogP contribution >= 0.6 is 11.3 Å². The van der Waals surface area contributed by atoms with E-state index in [1.54, 1.807) is 30.5 Å². The monoisotopic (exact) mass is 320 g/mol. The van der Waals surface area contributed by atoms with Gasteiger partial charge in [0.25, 0.3) is 5.91 Å². The van der Waals surface area contributed by atoms with Gasteiger partial charge in [-0.05, 0) is 36.1 Å². The fraction of sp³-hybridized carbons (Fsp3) is 0.333. The number of hydrogen-bond acceptors (Lipinski definition) is 4. The highest BCUT2D eigenvalue weighted by Crippen LogP contribution is 2.14.